The van der Waals surface area contributed by atoms with Gasteiger partial charge in [0.1, 0.15) is 12.4 Å². The highest BCUT2D eigenvalue weighted by molar-refractivity contribution is 9.10. The third kappa shape index (κ3) is 6.19. The van der Waals surface area contributed by atoms with Crippen molar-refractivity contribution in [3.05, 3.63) is 52.5 Å². The number of nitrogens with two attached hydrogens (primary N) is 1. The summed E-state index contributed by atoms with van der Waals surface area (Å²) in [6, 6.07) is 13.3. The smallest absolute Gasteiger partial charge is 0.189 e. The molecule has 2 rings (SSSR count). The highest BCUT2D eigenvalue weighted by atomic mass is 79.9. The number of rotatable bonds is 8. The molecule has 0 fully saturated rings. The second kappa shape index (κ2) is 9.78. The molecule has 25 heavy (non-hydrogen) atoms. The zero-order valence-electron chi connectivity index (χ0n) is 14.3. The lowest BCUT2D eigenvalue weighted by Gasteiger charge is -2.10. The molecule has 6 nitrogen and oxygen atoms in total. The number of ether oxygens (including phenoxy) is 3. The summed E-state index contributed by atoms with van der Waals surface area (Å²) in [6.07, 6.45) is 0. The number of halogens is 1. The Balaban J connectivity index is 1.78. The summed E-state index contributed by atoms with van der Waals surface area (Å²) in [5.74, 6) is 2.53. The number of guanidine groups is 1. The van der Waals surface area contributed by atoms with E-state index in [9.17, 15) is 0 Å². The van der Waals surface area contributed by atoms with Gasteiger partial charge in [0.05, 0.1) is 27.3 Å². The van der Waals surface area contributed by atoms with Crippen LogP contribution < -0.4 is 25.3 Å². The summed E-state index contributed by atoms with van der Waals surface area (Å²) in [6.45, 7) is 1.50. The van der Waals surface area contributed by atoms with Gasteiger partial charge in [0.25, 0.3) is 0 Å². The quantitative estimate of drug-likeness (QED) is 0.399. The lowest BCUT2D eigenvalue weighted by Crippen LogP contribution is -2.34. The van der Waals surface area contributed by atoms with Crippen LogP contribution in [-0.2, 0) is 6.54 Å². The molecule has 0 saturated carbocycles. The average Bonchev–Trinajstić information content (AvgIpc) is 2.63. The Labute approximate surface area is 156 Å². The standard InChI is InChI=1S/C18H22BrN3O3/c1-23-16-7-6-13(10-17(16)24-2)12-22-18(20)21-8-9-25-15-5-3-4-14(19)11-15/h3-7,10-11H,8-9,12H2,1-2H3,(H3,20,21,22). The maximum Gasteiger partial charge on any atom is 0.189 e. The number of nitrogens with zero attached hydrogens (tertiary/aromatic N) is 1. The summed E-state index contributed by atoms with van der Waals surface area (Å²) in [7, 11) is 3.21. The number of hydrogen-bond acceptors (Lipinski definition) is 4. The van der Waals surface area contributed by atoms with Gasteiger partial charge < -0.3 is 25.3 Å². The monoisotopic (exact) mass is 407 g/mol. The minimum atomic E-state index is 0.368. The molecule has 0 bridgehead atoms. The van der Waals surface area contributed by atoms with Gasteiger partial charge in [-0.3, -0.25) is 0 Å². The van der Waals surface area contributed by atoms with E-state index in [4.69, 9.17) is 19.9 Å². The van der Waals surface area contributed by atoms with Gasteiger partial charge in [-0.05, 0) is 35.9 Å². The second-order valence-electron chi connectivity index (χ2n) is 5.12. The molecule has 0 radical (unpaired) electrons. The molecule has 0 aliphatic heterocycles. The summed E-state index contributed by atoms with van der Waals surface area (Å²) in [4.78, 5) is 4.31. The molecule has 134 valence electrons. The molecule has 7 heteroatoms. The Morgan fingerprint density at radius 3 is 2.64 bits per heavy atom. The van der Waals surface area contributed by atoms with Crippen molar-refractivity contribution in [3.63, 3.8) is 0 Å². The van der Waals surface area contributed by atoms with E-state index in [-0.39, 0.29) is 0 Å². The molecular weight excluding hydrogens is 386 g/mol. The van der Waals surface area contributed by atoms with Crippen LogP contribution in [-0.4, -0.2) is 33.3 Å². The Bertz CT molecular complexity index is 722. The SMILES string of the molecule is COc1ccc(CN=C(N)NCCOc2cccc(Br)c2)cc1OC. The molecule has 0 spiro atoms. The Kier molecular flexibility index (Phi) is 7.40. The van der Waals surface area contributed by atoms with Gasteiger partial charge in [0.2, 0.25) is 0 Å². The van der Waals surface area contributed by atoms with Crippen LogP contribution >= 0.6 is 15.9 Å². The van der Waals surface area contributed by atoms with Crippen LogP contribution in [0.1, 0.15) is 5.56 Å². The van der Waals surface area contributed by atoms with Crippen molar-refractivity contribution in [2.45, 2.75) is 6.54 Å². The van der Waals surface area contributed by atoms with Crippen molar-refractivity contribution in [1.82, 2.24) is 5.32 Å². The first kappa shape index (κ1) is 18.9. The molecule has 2 aromatic carbocycles. The topological polar surface area (TPSA) is 78.1 Å². The van der Waals surface area contributed by atoms with E-state index in [0.717, 1.165) is 15.8 Å². The molecule has 0 aliphatic rings. The molecule has 0 aromatic heterocycles. The summed E-state index contributed by atoms with van der Waals surface area (Å²) in [5.41, 5.74) is 6.85. The predicted molar refractivity (Wildman–Crippen MR) is 103 cm³/mol. The molecular formula is C18H22BrN3O3. The minimum absolute atomic E-state index is 0.368. The van der Waals surface area contributed by atoms with Crippen molar-refractivity contribution in [3.8, 4) is 17.2 Å². The van der Waals surface area contributed by atoms with Gasteiger partial charge in [-0.1, -0.05) is 28.1 Å². The van der Waals surface area contributed by atoms with Crippen molar-refractivity contribution in [2.24, 2.45) is 10.7 Å². The fraction of sp³-hybridized carbons (Fsp3) is 0.278. The molecule has 0 aliphatic carbocycles. The van der Waals surface area contributed by atoms with E-state index >= 15 is 0 Å². The Hall–Kier alpha value is -2.41. The van der Waals surface area contributed by atoms with Crippen LogP contribution in [0.3, 0.4) is 0 Å². The molecule has 2 aromatic rings. The van der Waals surface area contributed by atoms with Gasteiger partial charge in [-0.2, -0.15) is 0 Å². The number of methoxy groups -OCH3 is 2. The predicted octanol–water partition coefficient (Wildman–Crippen LogP) is 2.95. The highest BCUT2D eigenvalue weighted by Gasteiger charge is 2.04. The first-order valence-corrected chi connectivity index (χ1v) is 8.54. The zero-order valence-corrected chi connectivity index (χ0v) is 15.9. The van der Waals surface area contributed by atoms with Crippen molar-refractivity contribution in [2.75, 3.05) is 27.4 Å². The van der Waals surface area contributed by atoms with E-state index in [1.165, 1.54) is 0 Å². The fourth-order valence-electron chi connectivity index (χ4n) is 2.12. The van der Waals surface area contributed by atoms with Crippen LogP contribution in [0.2, 0.25) is 0 Å². The normalized spacial score (nSPS) is 11.1. The first-order valence-electron chi connectivity index (χ1n) is 7.75. The third-order valence-electron chi connectivity index (χ3n) is 3.35. The minimum Gasteiger partial charge on any atom is -0.493 e. The van der Waals surface area contributed by atoms with Gasteiger partial charge in [-0.15, -0.1) is 0 Å². The maximum atomic E-state index is 5.87. The Morgan fingerprint density at radius 1 is 1.12 bits per heavy atom. The van der Waals surface area contributed by atoms with Gasteiger partial charge in [-0.25, -0.2) is 4.99 Å². The summed E-state index contributed by atoms with van der Waals surface area (Å²) >= 11 is 3.40. The van der Waals surface area contributed by atoms with E-state index in [1.54, 1.807) is 14.2 Å². The van der Waals surface area contributed by atoms with E-state index in [2.05, 4.69) is 26.2 Å². The second-order valence-corrected chi connectivity index (χ2v) is 6.04. The van der Waals surface area contributed by atoms with E-state index in [0.29, 0.717) is 37.2 Å². The van der Waals surface area contributed by atoms with Gasteiger partial charge in [0, 0.05) is 4.47 Å². The summed E-state index contributed by atoms with van der Waals surface area (Å²) < 4.78 is 17.1. The first-order chi connectivity index (χ1) is 12.1. The number of aliphatic imine (C=N–C) groups is 1. The number of nitrogens with one attached hydrogen (secondary N) is 1. The maximum absolute atomic E-state index is 5.87. The van der Waals surface area contributed by atoms with Gasteiger partial charge >= 0.3 is 0 Å². The van der Waals surface area contributed by atoms with Crippen molar-refractivity contribution >= 4 is 21.9 Å². The lowest BCUT2D eigenvalue weighted by molar-refractivity contribution is 0.322. The van der Waals surface area contributed by atoms with Crippen molar-refractivity contribution < 1.29 is 14.2 Å². The lowest BCUT2D eigenvalue weighted by atomic mass is 10.2. The number of benzene rings is 2. The average molecular weight is 408 g/mol. The number of hydrogen-bond donors (Lipinski definition) is 2. The van der Waals surface area contributed by atoms with Crippen LogP contribution in [0.15, 0.2) is 51.9 Å². The Morgan fingerprint density at radius 2 is 1.92 bits per heavy atom. The molecule has 0 saturated heterocycles. The third-order valence-corrected chi connectivity index (χ3v) is 3.85. The molecule has 3 N–H and O–H groups in total. The van der Waals surface area contributed by atoms with Crippen LogP contribution in [0.5, 0.6) is 17.2 Å². The van der Waals surface area contributed by atoms with Gasteiger partial charge in [0.15, 0.2) is 17.5 Å². The van der Waals surface area contributed by atoms with Crippen LogP contribution in [0.25, 0.3) is 0 Å². The molecule has 0 amide bonds. The van der Waals surface area contributed by atoms with E-state index < -0.39 is 0 Å². The fourth-order valence-corrected chi connectivity index (χ4v) is 2.49. The van der Waals surface area contributed by atoms with E-state index in [1.807, 2.05) is 42.5 Å². The van der Waals surface area contributed by atoms with Crippen LogP contribution in [0.4, 0.5) is 0 Å². The summed E-state index contributed by atoms with van der Waals surface area (Å²) in [5, 5.41) is 3.02. The highest BCUT2D eigenvalue weighted by Crippen LogP contribution is 2.27. The largest absolute Gasteiger partial charge is 0.493 e. The van der Waals surface area contributed by atoms with Crippen LogP contribution in [0, 0.1) is 0 Å². The zero-order chi connectivity index (χ0) is 18.1. The molecule has 0 unspecified atom stereocenters. The molecule has 0 heterocycles. The molecule has 0 atom stereocenters. The van der Waals surface area contributed by atoms with Crippen molar-refractivity contribution in [1.29, 1.82) is 0 Å².